The van der Waals surface area contributed by atoms with E-state index in [9.17, 15) is 4.39 Å². The molecule has 0 fully saturated rings. The number of aromatic nitrogens is 2. The van der Waals surface area contributed by atoms with Crippen molar-refractivity contribution in [1.82, 2.24) is 9.97 Å². The summed E-state index contributed by atoms with van der Waals surface area (Å²) in [5, 5.41) is 0. The van der Waals surface area contributed by atoms with Gasteiger partial charge in [-0.05, 0) is 42.7 Å². The summed E-state index contributed by atoms with van der Waals surface area (Å²) in [5.41, 5.74) is 3.86. The lowest BCUT2D eigenvalue weighted by Gasteiger charge is -2.18. The van der Waals surface area contributed by atoms with Crippen molar-refractivity contribution in [2.75, 3.05) is 19.0 Å². The zero-order chi connectivity index (χ0) is 20.9. The Kier molecular flexibility index (Phi) is 13.4. The Morgan fingerprint density at radius 2 is 1.42 bits per heavy atom. The Balaban J connectivity index is 0. The molecule has 0 aliphatic rings. The van der Waals surface area contributed by atoms with Crippen LogP contribution in [0.5, 0.6) is 0 Å². The first-order valence-electron chi connectivity index (χ1n) is 8.29. The van der Waals surface area contributed by atoms with Crippen LogP contribution in [0.3, 0.4) is 0 Å². The number of benzene rings is 1. The van der Waals surface area contributed by atoms with Crippen molar-refractivity contribution < 1.29 is 14.0 Å². The van der Waals surface area contributed by atoms with E-state index in [1.54, 1.807) is 12.1 Å². The first-order chi connectivity index (χ1) is 12.4. The normalized spacial score (nSPS) is 8.96. The first-order valence-corrected chi connectivity index (χ1v) is 8.29. The van der Waals surface area contributed by atoms with Crippen LogP contribution in [0.25, 0.3) is 11.3 Å². The predicted molar refractivity (Wildman–Crippen MR) is 106 cm³/mol. The van der Waals surface area contributed by atoms with Crippen LogP contribution < -0.4 is 4.90 Å². The van der Waals surface area contributed by atoms with E-state index in [0.29, 0.717) is 11.9 Å². The monoisotopic (exact) mass is 363 g/mol. The third-order valence-corrected chi connectivity index (χ3v) is 3.24. The zero-order valence-electron chi connectivity index (χ0n) is 16.8. The molecular formula is C20H30FN3O2. The molecule has 0 saturated carbocycles. The van der Waals surface area contributed by atoms with Crippen molar-refractivity contribution >= 4 is 19.5 Å². The summed E-state index contributed by atoms with van der Waals surface area (Å²) in [4.78, 5) is 27.1. The second-order valence-corrected chi connectivity index (χ2v) is 5.44. The summed E-state index contributed by atoms with van der Waals surface area (Å²) >= 11 is 0. The number of rotatable bonds is 3. The molecule has 1 aromatic carbocycles. The Bertz CT molecular complexity index is 642. The molecule has 0 unspecified atom stereocenters. The van der Waals surface area contributed by atoms with Gasteiger partial charge in [0, 0.05) is 19.7 Å². The molecule has 2 aromatic rings. The van der Waals surface area contributed by atoms with Crippen LogP contribution >= 0.6 is 0 Å². The number of nitrogens with zero attached hydrogens (tertiary/aromatic N) is 3. The van der Waals surface area contributed by atoms with Crippen LogP contribution in [0, 0.1) is 12.7 Å². The molecule has 0 aliphatic heterocycles. The number of carbonyl (C=O) groups excluding carboxylic acids is 2. The number of hydrogen-bond donors (Lipinski definition) is 0. The van der Waals surface area contributed by atoms with Crippen LogP contribution in [0.2, 0.25) is 0 Å². The van der Waals surface area contributed by atoms with Crippen LogP contribution in [-0.2, 0) is 9.59 Å². The molecule has 0 aliphatic carbocycles. The molecule has 1 heterocycles. The van der Waals surface area contributed by atoms with Gasteiger partial charge in [0.1, 0.15) is 19.4 Å². The summed E-state index contributed by atoms with van der Waals surface area (Å²) in [6.45, 7) is 14.2. The predicted octanol–water partition coefficient (Wildman–Crippen LogP) is 4.44. The maximum atomic E-state index is 13.1. The minimum absolute atomic E-state index is 0.239. The van der Waals surface area contributed by atoms with E-state index in [1.807, 2.05) is 53.3 Å². The van der Waals surface area contributed by atoms with Crippen molar-refractivity contribution in [3.05, 3.63) is 41.3 Å². The molecule has 5 nitrogen and oxygen atoms in total. The largest absolute Gasteiger partial charge is 0.347 e. The average molecular weight is 363 g/mol. The smallest absolute Gasteiger partial charge is 0.225 e. The Morgan fingerprint density at radius 1 is 0.962 bits per heavy atom. The van der Waals surface area contributed by atoms with E-state index in [1.165, 1.54) is 12.1 Å². The van der Waals surface area contributed by atoms with Crippen molar-refractivity contribution in [1.29, 1.82) is 0 Å². The standard InChI is InChI=1S/C16H20FN3.C2H6.2CH2O/c1-10(2)14-11(3)15(19-16(18-14)20(4)5)12-6-8-13(17)9-7-12;3*1-2/h6-10H,1-5H3;1-2H3;2*1H2. The third kappa shape index (κ3) is 7.09. The molecule has 144 valence electrons. The fraction of sp³-hybridized carbons (Fsp3) is 0.400. The fourth-order valence-electron chi connectivity index (χ4n) is 2.17. The fourth-order valence-corrected chi connectivity index (χ4v) is 2.17. The minimum Gasteiger partial charge on any atom is -0.347 e. The summed E-state index contributed by atoms with van der Waals surface area (Å²) in [6, 6.07) is 6.44. The Morgan fingerprint density at radius 3 is 1.81 bits per heavy atom. The second-order valence-electron chi connectivity index (χ2n) is 5.44. The van der Waals surface area contributed by atoms with Gasteiger partial charge in [-0.3, -0.25) is 0 Å². The molecule has 0 radical (unpaired) electrons. The highest BCUT2D eigenvalue weighted by molar-refractivity contribution is 5.65. The molecule has 1 aromatic heterocycles. The van der Waals surface area contributed by atoms with E-state index in [2.05, 4.69) is 23.8 Å². The maximum Gasteiger partial charge on any atom is 0.225 e. The highest BCUT2D eigenvalue weighted by Crippen LogP contribution is 2.28. The third-order valence-electron chi connectivity index (χ3n) is 3.24. The number of halogens is 1. The van der Waals surface area contributed by atoms with Gasteiger partial charge in [-0.2, -0.15) is 0 Å². The Labute approximate surface area is 156 Å². The number of hydrogen-bond acceptors (Lipinski definition) is 5. The van der Waals surface area contributed by atoms with Gasteiger partial charge in [-0.1, -0.05) is 27.7 Å². The SMILES string of the molecule is C=O.C=O.CC.Cc1c(-c2ccc(F)cc2)nc(N(C)C)nc1C(C)C. The molecule has 0 saturated heterocycles. The van der Waals surface area contributed by atoms with E-state index < -0.39 is 0 Å². The van der Waals surface area contributed by atoms with Crippen molar-refractivity contribution in [2.45, 2.75) is 40.5 Å². The van der Waals surface area contributed by atoms with E-state index in [-0.39, 0.29) is 5.82 Å². The zero-order valence-corrected chi connectivity index (χ0v) is 16.8. The quantitative estimate of drug-likeness (QED) is 0.807. The van der Waals surface area contributed by atoms with Crippen LogP contribution in [-0.4, -0.2) is 37.6 Å². The summed E-state index contributed by atoms with van der Waals surface area (Å²) < 4.78 is 13.1. The van der Waals surface area contributed by atoms with Crippen LogP contribution in [0.4, 0.5) is 10.3 Å². The lowest BCUT2D eigenvalue weighted by molar-refractivity contribution is -0.0987. The van der Waals surface area contributed by atoms with Crippen LogP contribution in [0.15, 0.2) is 24.3 Å². The molecule has 2 rings (SSSR count). The molecule has 0 amide bonds. The highest BCUT2D eigenvalue weighted by Gasteiger charge is 2.15. The van der Waals surface area contributed by atoms with E-state index in [4.69, 9.17) is 9.59 Å². The number of carbonyl (C=O) groups is 2. The summed E-state index contributed by atoms with van der Waals surface area (Å²) in [5.74, 6) is 0.756. The molecular weight excluding hydrogens is 333 g/mol. The molecule has 0 bridgehead atoms. The van der Waals surface area contributed by atoms with Crippen LogP contribution in [0.1, 0.15) is 44.9 Å². The van der Waals surface area contributed by atoms with Gasteiger partial charge in [0.2, 0.25) is 5.95 Å². The molecule has 0 N–H and O–H groups in total. The van der Waals surface area contributed by atoms with Gasteiger partial charge in [-0.15, -0.1) is 0 Å². The molecule has 26 heavy (non-hydrogen) atoms. The average Bonchev–Trinajstić information content (AvgIpc) is 2.67. The van der Waals surface area contributed by atoms with Gasteiger partial charge in [0.25, 0.3) is 0 Å². The first kappa shape index (κ1) is 25.6. The van der Waals surface area contributed by atoms with Gasteiger partial charge in [0.15, 0.2) is 0 Å². The Hall–Kier alpha value is -2.63. The molecule has 6 heteroatoms. The summed E-state index contributed by atoms with van der Waals surface area (Å²) in [6.07, 6.45) is 0. The maximum absolute atomic E-state index is 13.1. The van der Waals surface area contributed by atoms with Crippen molar-refractivity contribution in [3.63, 3.8) is 0 Å². The van der Waals surface area contributed by atoms with E-state index >= 15 is 0 Å². The van der Waals surface area contributed by atoms with E-state index in [0.717, 1.165) is 22.5 Å². The van der Waals surface area contributed by atoms with Gasteiger partial charge in [-0.25, -0.2) is 14.4 Å². The summed E-state index contributed by atoms with van der Waals surface area (Å²) in [7, 11) is 3.84. The lowest BCUT2D eigenvalue weighted by atomic mass is 10.00. The van der Waals surface area contributed by atoms with Crippen molar-refractivity contribution in [3.8, 4) is 11.3 Å². The lowest BCUT2D eigenvalue weighted by Crippen LogP contribution is -2.15. The second kappa shape index (κ2) is 13.6. The van der Waals surface area contributed by atoms with Gasteiger partial charge >= 0.3 is 0 Å². The topological polar surface area (TPSA) is 63.2 Å². The highest BCUT2D eigenvalue weighted by atomic mass is 19.1. The van der Waals surface area contributed by atoms with Gasteiger partial charge in [0.05, 0.1) is 11.4 Å². The minimum atomic E-state index is -0.239. The molecule has 0 spiro atoms. The molecule has 0 atom stereocenters. The number of anilines is 1. The van der Waals surface area contributed by atoms with Gasteiger partial charge < -0.3 is 14.5 Å². The van der Waals surface area contributed by atoms with Crippen molar-refractivity contribution in [2.24, 2.45) is 0 Å².